The first-order valence-electron chi connectivity index (χ1n) is 10.8. The van der Waals surface area contributed by atoms with Crippen molar-refractivity contribution in [2.75, 3.05) is 31.6 Å². The lowest BCUT2D eigenvalue weighted by atomic mass is 10.1. The monoisotopic (exact) mass is 418 g/mol. The number of likely N-dealkylation sites (tertiary alicyclic amines) is 1. The van der Waals surface area contributed by atoms with Crippen LogP contribution in [0.2, 0.25) is 0 Å². The van der Waals surface area contributed by atoms with Crippen molar-refractivity contribution in [3.8, 4) is 5.75 Å². The van der Waals surface area contributed by atoms with Crippen molar-refractivity contribution in [1.29, 1.82) is 0 Å². The van der Waals surface area contributed by atoms with Crippen LogP contribution in [0.4, 0.5) is 5.69 Å². The Hall–Kier alpha value is -3.35. The second kappa shape index (κ2) is 8.06. The molecule has 31 heavy (non-hydrogen) atoms. The minimum absolute atomic E-state index is 0.0617. The smallest absolute Gasteiger partial charge is 0.242 e. The Morgan fingerprint density at radius 3 is 2.58 bits per heavy atom. The summed E-state index contributed by atoms with van der Waals surface area (Å²) in [6.07, 6.45) is 2.52. The molecule has 2 saturated heterocycles. The first-order chi connectivity index (χ1) is 15.1. The molecule has 2 aromatic carbocycles. The van der Waals surface area contributed by atoms with E-state index in [0.717, 1.165) is 54.2 Å². The molecule has 5 rings (SSSR count). The van der Waals surface area contributed by atoms with Crippen molar-refractivity contribution < 1.29 is 14.3 Å². The molecule has 0 bridgehead atoms. The summed E-state index contributed by atoms with van der Waals surface area (Å²) in [6, 6.07) is 15.4. The van der Waals surface area contributed by atoms with Gasteiger partial charge in [-0.3, -0.25) is 9.59 Å². The van der Waals surface area contributed by atoms with Crippen molar-refractivity contribution in [1.82, 2.24) is 14.5 Å². The number of carbonyl (C=O) groups excluding carboxylic acids is 2. The largest absolute Gasteiger partial charge is 0.497 e. The molecule has 0 N–H and O–H groups in total. The molecular weight excluding hydrogens is 392 g/mol. The molecule has 0 saturated carbocycles. The zero-order valence-electron chi connectivity index (χ0n) is 17.7. The molecule has 1 atom stereocenters. The summed E-state index contributed by atoms with van der Waals surface area (Å²) >= 11 is 0. The van der Waals surface area contributed by atoms with Gasteiger partial charge in [0.15, 0.2) is 0 Å². The van der Waals surface area contributed by atoms with Gasteiger partial charge in [-0.25, -0.2) is 4.98 Å². The first kappa shape index (κ1) is 19.6. The quantitative estimate of drug-likeness (QED) is 0.638. The second-order valence-corrected chi connectivity index (χ2v) is 8.24. The van der Waals surface area contributed by atoms with E-state index in [4.69, 9.17) is 9.72 Å². The Kier molecular flexibility index (Phi) is 5.10. The standard InChI is InChI=1S/C24H26N4O3/c1-31-19-10-8-18(9-11-19)27-15-17(14-22(27)29)24-25-20-6-2-3-7-21(20)28(24)16-23(30)26-12-4-5-13-26/h2-3,6-11,17H,4-5,12-16H2,1H3. The fourth-order valence-corrected chi connectivity index (χ4v) is 4.67. The Bertz CT molecular complexity index is 1120. The van der Waals surface area contributed by atoms with Crippen LogP contribution in [0, 0.1) is 0 Å². The number of hydrogen-bond acceptors (Lipinski definition) is 4. The Labute approximate surface area is 181 Å². The number of anilines is 1. The van der Waals surface area contributed by atoms with E-state index in [1.165, 1.54) is 0 Å². The van der Waals surface area contributed by atoms with Crippen LogP contribution in [0.15, 0.2) is 48.5 Å². The van der Waals surface area contributed by atoms with Crippen LogP contribution in [0.25, 0.3) is 11.0 Å². The number of nitrogens with zero attached hydrogens (tertiary/aromatic N) is 4. The molecule has 0 radical (unpaired) electrons. The SMILES string of the molecule is COc1ccc(N2CC(c3nc4ccccc4n3CC(=O)N3CCCC3)CC2=O)cc1. The molecule has 2 aliphatic heterocycles. The number of hydrogen-bond donors (Lipinski definition) is 0. The number of para-hydroxylation sites is 2. The van der Waals surface area contributed by atoms with Gasteiger partial charge in [-0.15, -0.1) is 0 Å². The van der Waals surface area contributed by atoms with Gasteiger partial charge in [0.2, 0.25) is 11.8 Å². The van der Waals surface area contributed by atoms with Gasteiger partial charge in [-0.2, -0.15) is 0 Å². The van der Waals surface area contributed by atoms with Crippen LogP contribution in [0.1, 0.15) is 31.0 Å². The molecule has 160 valence electrons. The summed E-state index contributed by atoms with van der Waals surface area (Å²) in [4.78, 5) is 34.4. The van der Waals surface area contributed by atoms with Crippen LogP contribution in [-0.2, 0) is 16.1 Å². The summed E-state index contributed by atoms with van der Waals surface area (Å²) in [7, 11) is 1.62. The van der Waals surface area contributed by atoms with E-state index in [-0.39, 0.29) is 24.3 Å². The van der Waals surface area contributed by atoms with Gasteiger partial charge in [0.1, 0.15) is 18.1 Å². The normalized spacial score (nSPS) is 18.9. The molecule has 2 fully saturated rings. The third-order valence-corrected chi connectivity index (χ3v) is 6.31. The van der Waals surface area contributed by atoms with E-state index >= 15 is 0 Å². The first-order valence-corrected chi connectivity index (χ1v) is 10.8. The van der Waals surface area contributed by atoms with E-state index in [0.29, 0.717) is 13.0 Å². The fraction of sp³-hybridized carbons (Fsp3) is 0.375. The number of aromatic nitrogens is 2. The van der Waals surface area contributed by atoms with Crippen LogP contribution >= 0.6 is 0 Å². The van der Waals surface area contributed by atoms with Crippen LogP contribution < -0.4 is 9.64 Å². The minimum atomic E-state index is -0.0617. The molecule has 1 unspecified atom stereocenters. The van der Waals surface area contributed by atoms with Crippen LogP contribution in [0.3, 0.4) is 0 Å². The number of methoxy groups -OCH3 is 1. The zero-order chi connectivity index (χ0) is 21.4. The Morgan fingerprint density at radius 1 is 1.10 bits per heavy atom. The van der Waals surface area contributed by atoms with Gasteiger partial charge in [0, 0.05) is 37.7 Å². The number of carbonyl (C=O) groups is 2. The number of amides is 2. The maximum Gasteiger partial charge on any atom is 0.242 e. The van der Waals surface area contributed by atoms with Crippen LogP contribution in [-0.4, -0.2) is 53.0 Å². The van der Waals surface area contributed by atoms with Crippen molar-refractivity contribution >= 4 is 28.5 Å². The third-order valence-electron chi connectivity index (χ3n) is 6.31. The predicted octanol–water partition coefficient (Wildman–Crippen LogP) is 3.19. The van der Waals surface area contributed by atoms with Gasteiger partial charge < -0.3 is 19.1 Å². The average molecular weight is 418 g/mol. The lowest BCUT2D eigenvalue weighted by Crippen LogP contribution is -2.32. The highest BCUT2D eigenvalue weighted by Gasteiger charge is 2.35. The highest BCUT2D eigenvalue weighted by Crippen LogP contribution is 2.34. The van der Waals surface area contributed by atoms with Crippen molar-refractivity contribution in [3.63, 3.8) is 0 Å². The molecule has 3 aromatic rings. The summed E-state index contributed by atoms with van der Waals surface area (Å²) in [5.41, 5.74) is 2.66. The zero-order valence-corrected chi connectivity index (χ0v) is 17.7. The average Bonchev–Trinajstić information content (AvgIpc) is 3.53. The fourth-order valence-electron chi connectivity index (χ4n) is 4.67. The Morgan fingerprint density at radius 2 is 1.84 bits per heavy atom. The van der Waals surface area contributed by atoms with Gasteiger partial charge >= 0.3 is 0 Å². The summed E-state index contributed by atoms with van der Waals surface area (Å²) in [6.45, 7) is 2.47. The molecule has 0 spiro atoms. The molecular formula is C24H26N4O3. The Balaban J connectivity index is 1.45. The van der Waals surface area contributed by atoms with Crippen molar-refractivity contribution in [3.05, 3.63) is 54.4 Å². The topological polar surface area (TPSA) is 67.7 Å². The van der Waals surface area contributed by atoms with Crippen molar-refractivity contribution in [2.45, 2.75) is 31.7 Å². The summed E-state index contributed by atoms with van der Waals surface area (Å²) < 4.78 is 7.24. The summed E-state index contributed by atoms with van der Waals surface area (Å²) in [5.74, 6) is 1.71. The predicted molar refractivity (Wildman–Crippen MR) is 118 cm³/mol. The third kappa shape index (κ3) is 3.65. The van der Waals surface area contributed by atoms with Crippen LogP contribution in [0.5, 0.6) is 5.75 Å². The number of fused-ring (bicyclic) bond motifs is 1. The van der Waals surface area contributed by atoms with Gasteiger partial charge in [-0.1, -0.05) is 12.1 Å². The highest BCUT2D eigenvalue weighted by molar-refractivity contribution is 5.96. The van der Waals surface area contributed by atoms with E-state index in [1.807, 2.05) is 58.0 Å². The second-order valence-electron chi connectivity index (χ2n) is 8.24. The molecule has 1 aromatic heterocycles. The number of rotatable bonds is 5. The molecule has 2 amide bonds. The molecule has 3 heterocycles. The number of benzene rings is 2. The maximum atomic E-state index is 12.9. The van der Waals surface area contributed by atoms with E-state index in [1.54, 1.807) is 12.0 Å². The maximum absolute atomic E-state index is 12.9. The lowest BCUT2D eigenvalue weighted by Gasteiger charge is -2.19. The van der Waals surface area contributed by atoms with Gasteiger partial charge in [0.25, 0.3) is 0 Å². The highest BCUT2D eigenvalue weighted by atomic mass is 16.5. The molecule has 0 aliphatic carbocycles. The van der Waals surface area contributed by atoms with E-state index in [2.05, 4.69) is 0 Å². The van der Waals surface area contributed by atoms with Gasteiger partial charge in [-0.05, 0) is 49.2 Å². The molecule has 7 nitrogen and oxygen atoms in total. The summed E-state index contributed by atoms with van der Waals surface area (Å²) in [5, 5.41) is 0. The molecule has 2 aliphatic rings. The molecule has 7 heteroatoms. The minimum Gasteiger partial charge on any atom is -0.497 e. The lowest BCUT2D eigenvalue weighted by molar-refractivity contribution is -0.130. The number of ether oxygens (including phenoxy) is 1. The van der Waals surface area contributed by atoms with Gasteiger partial charge in [0.05, 0.1) is 18.1 Å². The number of imidazole rings is 1. The van der Waals surface area contributed by atoms with E-state index in [9.17, 15) is 9.59 Å². The van der Waals surface area contributed by atoms with E-state index < -0.39 is 0 Å². The van der Waals surface area contributed by atoms with Crippen molar-refractivity contribution in [2.24, 2.45) is 0 Å².